The van der Waals surface area contributed by atoms with Gasteiger partial charge in [0, 0.05) is 0 Å². The van der Waals surface area contributed by atoms with Crippen LogP contribution in [0.15, 0.2) is 24.3 Å². The maximum Gasteiger partial charge on any atom is 0.264 e. The Hall–Kier alpha value is -0.960. The van der Waals surface area contributed by atoms with Crippen LogP contribution in [0.1, 0.15) is 23.5 Å². The van der Waals surface area contributed by atoms with Crippen molar-refractivity contribution in [2.24, 2.45) is 0 Å². The fourth-order valence-corrected chi connectivity index (χ4v) is 1.97. The summed E-state index contributed by atoms with van der Waals surface area (Å²) in [5.74, 6) is 0.121. The van der Waals surface area contributed by atoms with Crippen molar-refractivity contribution in [3.05, 3.63) is 35.4 Å². The number of alkyl halides is 2. The molecule has 0 fully saturated rings. The fourth-order valence-electron chi connectivity index (χ4n) is 1.97. The van der Waals surface area contributed by atoms with Crippen molar-refractivity contribution in [2.45, 2.75) is 31.3 Å². The van der Waals surface area contributed by atoms with E-state index >= 15 is 0 Å². The van der Waals surface area contributed by atoms with Crippen molar-refractivity contribution in [2.75, 3.05) is 0 Å². The SMILES string of the molecule is OC(CC1Cc2ccccc21)C(F)F. The minimum Gasteiger partial charge on any atom is -0.387 e. The Kier molecular flexibility index (Phi) is 2.50. The lowest BCUT2D eigenvalue weighted by atomic mass is 9.75. The molecule has 1 aromatic rings. The Morgan fingerprint density at radius 1 is 1.36 bits per heavy atom. The van der Waals surface area contributed by atoms with Crippen molar-refractivity contribution in [3.8, 4) is 0 Å². The molecule has 1 aliphatic rings. The third-order valence-corrected chi connectivity index (χ3v) is 2.78. The summed E-state index contributed by atoms with van der Waals surface area (Å²) in [5, 5.41) is 9.04. The summed E-state index contributed by atoms with van der Waals surface area (Å²) in [4.78, 5) is 0. The van der Waals surface area contributed by atoms with E-state index < -0.39 is 12.5 Å². The number of aliphatic hydroxyl groups excluding tert-OH is 1. The molecule has 0 amide bonds. The Morgan fingerprint density at radius 3 is 2.71 bits per heavy atom. The van der Waals surface area contributed by atoms with Gasteiger partial charge in [0.25, 0.3) is 6.43 Å². The minimum atomic E-state index is -2.62. The molecular formula is C11H12F2O. The molecule has 1 aliphatic carbocycles. The smallest absolute Gasteiger partial charge is 0.264 e. The molecular weight excluding hydrogens is 186 g/mol. The molecule has 2 unspecified atom stereocenters. The summed E-state index contributed by atoms with van der Waals surface area (Å²) in [6.07, 6.45) is -3.11. The van der Waals surface area contributed by atoms with Crippen LogP contribution >= 0.6 is 0 Å². The molecule has 0 saturated heterocycles. The summed E-state index contributed by atoms with van der Waals surface area (Å²) < 4.78 is 24.2. The van der Waals surface area contributed by atoms with Gasteiger partial charge in [-0.3, -0.25) is 0 Å². The van der Waals surface area contributed by atoms with E-state index in [4.69, 9.17) is 5.11 Å². The lowest BCUT2D eigenvalue weighted by Gasteiger charge is -2.31. The van der Waals surface area contributed by atoms with E-state index in [1.165, 1.54) is 5.56 Å². The summed E-state index contributed by atoms with van der Waals surface area (Å²) in [6.45, 7) is 0. The molecule has 14 heavy (non-hydrogen) atoms. The third kappa shape index (κ3) is 1.64. The van der Waals surface area contributed by atoms with Gasteiger partial charge in [0.05, 0.1) is 0 Å². The Bertz CT molecular complexity index is 325. The predicted octanol–water partition coefficient (Wildman–Crippen LogP) is 2.34. The zero-order valence-corrected chi connectivity index (χ0v) is 7.66. The summed E-state index contributed by atoms with van der Waals surface area (Å²) in [5.41, 5.74) is 2.34. The van der Waals surface area contributed by atoms with Gasteiger partial charge in [-0.05, 0) is 29.9 Å². The molecule has 1 nitrogen and oxygen atoms in total. The van der Waals surface area contributed by atoms with Gasteiger partial charge in [-0.15, -0.1) is 0 Å². The first-order valence-corrected chi connectivity index (χ1v) is 4.72. The number of hydrogen-bond donors (Lipinski definition) is 1. The molecule has 2 atom stereocenters. The van der Waals surface area contributed by atoms with E-state index in [1.807, 2.05) is 24.3 Å². The van der Waals surface area contributed by atoms with Gasteiger partial charge in [-0.1, -0.05) is 24.3 Å². The highest BCUT2D eigenvalue weighted by atomic mass is 19.3. The van der Waals surface area contributed by atoms with Crippen molar-refractivity contribution in [1.29, 1.82) is 0 Å². The molecule has 0 heterocycles. The summed E-state index contributed by atoms with van der Waals surface area (Å²) in [7, 11) is 0. The number of benzene rings is 1. The van der Waals surface area contributed by atoms with Gasteiger partial charge < -0.3 is 5.11 Å². The Morgan fingerprint density at radius 2 is 2.07 bits per heavy atom. The molecule has 0 bridgehead atoms. The van der Waals surface area contributed by atoms with Gasteiger partial charge in [0.2, 0.25) is 0 Å². The van der Waals surface area contributed by atoms with Crippen LogP contribution in [0.25, 0.3) is 0 Å². The zero-order chi connectivity index (χ0) is 10.1. The number of hydrogen-bond acceptors (Lipinski definition) is 1. The maximum absolute atomic E-state index is 12.1. The lowest BCUT2D eigenvalue weighted by Crippen LogP contribution is -2.26. The molecule has 76 valence electrons. The third-order valence-electron chi connectivity index (χ3n) is 2.78. The van der Waals surface area contributed by atoms with Crippen LogP contribution in [0.3, 0.4) is 0 Å². The first kappa shape index (κ1) is 9.59. The summed E-state index contributed by atoms with van der Waals surface area (Å²) in [6, 6.07) is 7.79. The quantitative estimate of drug-likeness (QED) is 0.790. The standard InChI is InChI=1S/C11H12F2O/c12-11(13)10(14)6-8-5-7-3-1-2-4-9(7)8/h1-4,8,10-11,14H,5-6H2. The van der Waals surface area contributed by atoms with E-state index in [2.05, 4.69) is 0 Å². The van der Waals surface area contributed by atoms with E-state index in [9.17, 15) is 8.78 Å². The van der Waals surface area contributed by atoms with E-state index in [-0.39, 0.29) is 12.3 Å². The molecule has 1 aromatic carbocycles. The normalized spacial score (nSPS) is 21.6. The van der Waals surface area contributed by atoms with E-state index in [0.29, 0.717) is 0 Å². The van der Waals surface area contributed by atoms with Crippen molar-refractivity contribution in [1.82, 2.24) is 0 Å². The molecule has 0 saturated carbocycles. The number of halogens is 2. The molecule has 0 radical (unpaired) electrons. The second-order valence-corrected chi connectivity index (χ2v) is 3.74. The molecule has 0 spiro atoms. The first-order valence-electron chi connectivity index (χ1n) is 4.72. The van der Waals surface area contributed by atoms with E-state index in [1.54, 1.807) is 0 Å². The van der Waals surface area contributed by atoms with Crippen molar-refractivity contribution in [3.63, 3.8) is 0 Å². The van der Waals surface area contributed by atoms with Crippen molar-refractivity contribution < 1.29 is 13.9 Å². The van der Waals surface area contributed by atoms with Gasteiger partial charge in [0.1, 0.15) is 6.10 Å². The number of rotatable bonds is 3. The fraction of sp³-hybridized carbons (Fsp3) is 0.455. The van der Waals surface area contributed by atoms with Gasteiger partial charge in [-0.25, -0.2) is 8.78 Å². The van der Waals surface area contributed by atoms with Crippen LogP contribution in [0, 0.1) is 0 Å². The highest BCUT2D eigenvalue weighted by Crippen LogP contribution is 2.38. The Labute approximate surface area is 81.4 Å². The van der Waals surface area contributed by atoms with Gasteiger partial charge in [-0.2, -0.15) is 0 Å². The Balaban J connectivity index is 1.99. The largest absolute Gasteiger partial charge is 0.387 e. The molecule has 2 rings (SSSR count). The molecule has 0 aromatic heterocycles. The van der Waals surface area contributed by atoms with E-state index in [0.717, 1.165) is 12.0 Å². The van der Waals surface area contributed by atoms with Crippen LogP contribution < -0.4 is 0 Å². The van der Waals surface area contributed by atoms with Crippen LogP contribution in [0.2, 0.25) is 0 Å². The first-order chi connectivity index (χ1) is 6.68. The zero-order valence-electron chi connectivity index (χ0n) is 7.66. The second kappa shape index (κ2) is 3.65. The monoisotopic (exact) mass is 198 g/mol. The molecule has 3 heteroatoms. The predicted molar refractivity (Wildman–Crippen MR) is 49.5 cm³/mol. The molecule has 0 aliphatic heterocycles. The van der Waals surface area contributed by atoms with Crippen LogP contribution in [0.5, 0.6) is 0 Å². The van der Waals surface area contributed by atoms with Gasteiger partial charge in [0.15, 0.2) is 0 Å². The van der Waals surface area contributed by atoms with Crippen LogP contribution in [0.4, 0.5) is 8.78 Å². The highest BCUT2D eigenvalue weighted by Gasteiger charge is 2.30. The average Bonchev–Trinajstić information content (AvgIpc) is 2.13. The minimum absolute atomic E-state index is 0.121. The average molecular weight is 198 g/mol. The van der Waals surface area contributed by atoms with Crippen LogP contribution in [-0.2, 0) is 6.42 Å². The van der Waals surface area contributed by atoms with Crippen LogP contribution in [-0.4, -0.2) is 17.6 Å². The topological polar surface area (TPSA) is 20.2 Å². The maximum atomic E-state index is 12.1. The number of aliphatic hydroxyl groups is 1. The lowest BCUT2D eigenvalue weighted by molar-refractivity contribution is -0.0137. The van der Waals surface area contributed by atoms with Gasteiger partial charge >= 0.3 is 0 Å². The summed E-state index contributed by atoms with van der Waals surface area (Å²) >= 11 is 0. The highest BCUT2D eigenvalue weighted by molar-refractivity contribution is 5.39. The molecule has 1 N–H and O–H groups in total. The number of fused-ring (bicyclic) bond motifs is 1. The van der Waals surface area contributed by atoms with Crippen molar-refractivity contribution >= 4 is 0 Å². The second-order valence-electron chi connectivity index (χ2n) is 3.74.